The Morgan fingerprint density at radius 2 is 1.47 bits per heavy atom. The van der Waals surface area contributed by atoms with Crippen LogP contribution >= 0.6 is 0 Å². The first kappa shape index (κ1) is 18.2. The zero-order valence-electron chi connectivity index (χ0n) is 15.6. The molecule has 148 valence electrons. The van der Waals surface area contributed by atoms with Crippen LogP contribution in [-0.2, 0) is 20.5 Å². The van der Waals surface area contributed by atoms with E-state index in [0.29, 0.717) is 0 Å². The lowest BCUT2D eigenvalue weighted by molar-refractivity contribution is -0.137. The van der Waals surface area contributed by atoms with E-state index in [1.807, 2.05) is 12.1 Å². The van der Waals surface area contributed by atoms with Gasteiger partial charge in [-0.05, 0) is 49.0 Å². The number of halogens is 2. The van der Waals surface area contributed by atoms with Gasteiger partial charge in [0.15, 0.2) is 5.41 Å². The van der Waals surface area contributed by atoms with Crippen molar-refractivity contribution >= 4 is 23.2 Å². The molecule has 2 N–H and O–H groups in total. The summed E-state index contributed by atoms with van der Waals surface area (Å²) < 4.78 is 28.6. The predicted molar refractivity (Wildman–Crippen MR) is 99.7 cm³/mol. The Hall–Kier alpha value is -3.82. The zero-order valence-corrected chi connectivity index (χ0v) is 15.6. The molecule has 1 fully saturated rings. The number of rotatable bonds is 0. The van der Waals surface area contributed by atoms with Crippen LogP contribution in [0.1, 0.15) is 11.1 Å². The van der Waals surface area contributed by atoms with Crippen molar-refractivity contribution < 1.29 is 18.4 Å². The zero-order chi connectivity index (χ0) is 21.5. The normalized spacial score (nSPS) is 28.0. The van der Waals surface area contributed by atoms with E-state index in [1.165, 1.54) is 24.1 Å². The second-order valence-corrected chi connectivity index (χ2v) is 7.73. The van der Waals surface area contributed by atoms with Gasteiger partial charge in [-0.3, -0.25) is 14.5 Å². The second-order valence-electron chi connectivity index (χ2n) is 7.73. The van der Waals surface area contributed by atoms with Crippen molar-refractivity contribution in [1.82, 2.24) is 4.90 Å². The maximum absolute atomic E-state index is 14.3. The summed E-state index contributed by atoms with van der Waals surface area (Å²) in [6, 6.07) is 11.0. The van der Waals surface area contributed by atoms with Gasteiger partial charge in [0.2, 0.25) is 5.91 Å². The molecule has 0 saturated carbocycles. The van der Waals surface area contributed by atoms with Crippen molar-refractivity contribution in [3.05, 3.63) is 59.2 Å². The van der Waals surface area contributed by atoms with Crippen LogP contribution in [0.15, 0.2) is 36.4 Å². The van der Waals surface area contributed by atoms with Crippen LogP contribution in [0.3, 0.4) is 0 Å². The molecule has 7 nitrogen and oxygen atoms in total. The molecule has 2 aromatic rings. The van der Waals surface area contributed by atoms with Gasteiger partial charge in [0.25, 0.3) is 5.91 Å². The quantitative estimate of drug-likeness (QED) is 0.697. The summed E-state index contributed by atoms with van der Waals surface area (Å²) in [7, 11) is 1.49. The Morgan fingerprint density at radius 3 is 2.07 bits per heavy atom. The number of nitrogens with zero attached hydrogens (tertiary/aromatic N) is 3. The SMILES string of the molecule is CN1CC(C#N)(C#N)[C@@]2(C(=O)Nc3ccc(F)cc32)[C@]12C(=O)Nc1ccc(F)cc12. The van der Waals surface area contributed by atoms with Crippen LogP contribution < -0.4 is 10.6 Å². The monoisotopic (exact) mass is 405 g/mol. The molecule has 5 rings (SSSR count). The van der Waals surface area contributed by atoms with E-state index in [-0.39, 0.29) is 29.0 Å². The fourth-order valence-corrected chi connectivity index (χ4v) is 5.52. The van der Waals surface area contributed by atoms with Gasteiger partial charge in [-0.15, -0.1) is 0 Å². The number of hydrogen-bond acceptors (Lipinski definition) is 5. The van der Waals surface area contributed by atoms with E-state index in [4.69, 9.17) is 0 Å². The lowest BCUT2D eigenvalue weighted by Crippen LogP contribution is -2.63. The highest BCUT2D eigenvalue weighted by molar-refractivity contribution is 6.18. The first-order chi connectivity index (χ1) is 14.3. The van der Waals surface area contributed by atoms with Crippen molar-refractivity contribution in [3.8, 4) is 12.1 Å². The number of anilines is 2. The van der Waals surface area contributed by atoms with E-state index in [1.54, 1.807) is 0 Å². The Kier molecular flexibility index (Phi) is 3.28. The molecule has 3 heterocycles. The molecule has 1 saturated heterocycles. The fourth-order valence-electron chi connectivity index (χ4n) is 5.52. The number of likely N-dealkylation sites (N-methyl/N-ethyl adjacent to an activating group) is 1. The van der Waals surface area contributed by atoms with Gasteiger partial charge in [0.1, 0.15) is 22.6 Å². The minimum Gasteiger partial charge on any atom is -0.325 e. The molecule has 0 aromatic heterocycles. The molecule has 2 atom stereocenters. The topological polar surface area (TPSA) is 109 Å². The minimum atomic E-state index is -2.13. The van der Waals surface area contributed by atoms with Gasteiger partial charge < -0.3 is 10.6 Å². The summed E-state index contributed by atoms with van der Waals surface area (Å²) in [6.07, 6.45) is 0. The largest absolute Gasteiger partial charge is 0.325 e. The summed E-state index contributed by atoms with van der Waals surface area (Å²) in [6.45, 7) is -0.285. The maximum Gasteiger partial charge on any atom is 0.251 e. The van der Waals surface area contributed by atoms with Gasteiger partial charge in [0.05, 0.1) is 12.1 Å². The molecular formula is C21H13F2N5O2. The minimum absolute atomic E-state index is 0.0206. The van der Waals surface area contributed by atoms with Crippen molar-refractivity contribution in [3.63, 3.8) is 0 Å². The van der Waals surface area contributed by atoms with Crippen LogP contribution in [0.4, 0.5) is 20.2 Å². The van der Waals surface area contributed by atoms with Gasteiger partial charge in [-0.1, -0.05) is 0 Å². The standard InChI is InChI=1S/C21H13F2N5O2/c1-28-10-19(8-24,9-25)20(13-6-11(22)2-4-15(13)26-17(20)29)21(28)14-7-12(23)3-5-16(14)27-18(21)30/h2-7H,10H2,1H3,(H,26,29)(H,27,30)/t20-,21+/m1/s1. The molecule has 2 aromatic carbocycles. The van der Waals surface area contributed by atoms with Gasteiger partial charge in [-0.2, -0.15) is 10.5 Å². The number of nitrogens with one attached hydrogen (secondary N) is 2. The molecule has 3 aliphatic heterocycles. The number of benzene rings is 2. The van der Waals surface area contributed by atoms with Crippen LogP contribution in [-0.4, -0.2) is 30.3 Å². The summed E-state index contributed by atoms with van der Waals surface area (Å²) in [4.78, 5) is 28.6. The Labute approximate surface area is 169 Å². The third kappa shape index (κ3) is 1.63. The number of likely N-dealkylation sites (tertiary alicyclic amines) is 1. The van der Waals surface area contributed by atoms with Gasteiger partial charge in [-0.25, -0.2) is 8.78 Å². The average molecular weight is 405 g/mol. The number of amides is 2. The van der Waals surface area contributed by atoms with E-state index >= 15 is 0 Å². The highest BCUT2D eigenvalue weighted by atomic mass is 19.1. The Balaban J connectivity index is 2.01. The van der Waals surface area contributed by atoms with Crippen LogP contribution in [0.25, 0.3) is 0 Å². The van der Waals surface area contributed by atoms with Crippen LogP contribution in [0.2, 0.25) is 0 Å². The molecule has 2 spiro atoms. The first-order valence-corrected chi connectivity index (χ1v) is 9.05. The van der Waals surface area contributed by atoms with Crippen molar-refractivity contribution in [1.29, 1.82) is 10.5 Å². The number of carbonyl (C=O) groups excluding carboxylic acids is 2. The predicted octanol–water partition coefficient (Wildman–Crippen LogP) is 1.98. The summed E-state index contributed by atoms with van der Waals surface area (Å²) in [5.41, 5.74) is -5.50. The molecule has 0 bridgehead atoms. The van der Waals surface area contributed by atoms with Gasteiger partial charge in [0, 0.05) is 23.5 Å². The van der Waals surface area contributed by atoms with E-state index < -0.39 is 39.8 Å². The second kappa shape index (κ2) is 5.41. The highest BCUT2D eigenvalue weighted by Gasteiger charge is 2.82. The maximum atomic E-state index is 14.3. The van der Waals surface area contributed by atoms with Crippen molar-refractivity contribution in [2.75, 3.05) is 24.2 Å². The lowest BCUT2D eigenvalue weighted by Gasteiger charge is -2.43. The summed E-state index contributed by atoms with van der Waals surface area (Å²) in [5.74, 6) is -2.83. The highest BCUT2D eigenvalue weighted by Crippen LogP contribution is 2.67. The Morgan fingerprint density at radius 1 is 0.933 bits per heavy atom. The molecule has 3 aliphatic rings. The van der Waals surface area contributed by atoms with Crippen molar-refractivity contribution in [2.24, 2.45) is 5.41 Å². The molecule has 30 heavy (non-hydrogen) atoms. The summed E-state index contributed by atoms with van der Waals surface area (Å²) in [5, 5.41) is 25.5. The molecule has 0 unspecified atom stereocenters. The number of carbonyl (C=O) groups is 2. The average Bonchev–Trinajstić information content (AvgIpc) is 3.26. The lowest BCUT2D eigenvalue weighted by atomic mass is 9.53. The molecular weight excluding hydrogens is 392 g/mol. The smallest absolute Gasteiger partial charge is 0.251 e. The molecule has 2 amide bonds. The van der Waals surface area contributed by atoms with Crippen LogP contribution in [0.5, 0.6) is 0 Å². The summed E-state index contributed by atoms with van der Waals surface area (Å²) >= 11 is 0. The number of nitriles is 2. The van der Waals surface area contributed by atoms with Crippen molar-refractivity contribution in [2.45, 2.75) is 11.0 Å². The van der Waals surface area contributed by atoms with E-state index in [0.717, 1.165) is 24.3 Å². The van der Waals surface area contributed by atoms with E-state index in [9.17, 15) is 28.9 Å². The van der Waals surface area contributed by atoms with Gasteiger partial charge >= 0.3 is 0 Å². The number of fused-ring (bicyclic) bond motifs is 5. The molecule has 9 heteroatoms. The third-order valence-corrected chi connectivity index (χ3v) is 6.53. The van der Waals surface area contributed by atoms with E-state index in [2.05, 4.69) is 10.6 Å². The molecule has 0 aliphatic carbocycles. The molecule has 0 radical (unpaired) electrons. The fraction of sp³-hybridized carbons (Fsp3) is 0.238. The first-order valence-electron chi connectivity index (χ1n) is 9.05. The Bertz CT molecular complexity index is 1250. The third-order valence-electron chi connectivity index (χ3n) is 6.53. The van der Waals surface area contributed by atoms with Crippen LogP contribution in [0, 0.1) is 39.7 Å². The number of hydrogen-bond donors (Lipinski definition) is 2.